The number of rotatable bonds is 11. The molecule has 5 heteroatoms. The molecule has 2 aromatic rings. The molecule has 0 aromatic heterocycles. The normalized spacial score (nSPS) is 14.1. The highest BCUT2D eigenvalue weighted by Crippen LogP contribution is 2.36. The van der Waals surface area contributed by atoms with E-state index < -0.39 is 0 Å². The number of Topliss-reactive ketones (excluding diaryl/α,β-unsaturated/α-hetero) is 1. The molecule has 1 amide bonds. The Hall–Kier alpha value is -2.82. The molecule has 0 spiro atoms. The number of carbonyl (C=O) groups is 2. The fourth-order valence-electron chi connectivity index (χ4n) is 3.63. The quantitative estimate of drug-likeness (QED) is 0.392. The van der Waals surface area contributed by atoms with Crippen LogP contribution in [0.15, 0.2) is 48.5 Å². The smallest absolute Gasteiger partial charge is 0.223 e. The summed E-state index contributed by atoms with van der Waals surface area (Å²) in [4.78, 5) is 26.5. The van der Waals surface area contributed by atoms with Crippen LogP contribution in [0.25, 0.3) is 0 Å². The predicted molar refractivity (Wildman–Crippen MR) is 117 cm³/mol. The van der Waals surface area contributed by atoms with E-state index in [0.717, 1.165) is 5.56 Å². The number of hydrogen-bond donors (Lipinski definition) is 0. The molecule has 0 radical (unpaired) electrons. The third-order valence-electron chi connectivity index (χ3n) is 5.67. The molecule has 5 nitrogen and oxygen atoms in total. The summed E-state index contributed by atoms with van der Waals surface area (Å²) in [5.41, 5.74) is 1.74. The van der Waals surface area contributed by atoms with Crippen LogP contribution < -0.4 is 9.47 Å². The standard InChI is InChI=1S/C25H31NO4/c1-18(21-11-12-21)26(17-20-8-5-4-6-9-20)25(28)10-7-15-30-23-14-13-22(19(2)27)16-24(23)29-3/h4-6,8-9,13-14,16,18,21H,7,10-12,15,17H2,1-3H3. The number of ether oxygens (including phenoxy) is 2. The van der Waals surface area contributed by atoms with Gasteiger partial charge in [0.05, 0.1) is 13.7 Å². The summed E-state index contributed by atoms with van der Waals surface area (Å²) in [6.07, 6.45) is 3.48. The summed E-state index contributed by atoms with van der Waals surface area (Å²) in [5.74, 6) is 1.89. The molecule has 1 atom stereocenters. The lowest BCUT2D eigenvalue weighted by Gasteiger charge is -2.30. The SMILES string of the molecule is COc1cc(C(C)=O)ccc1OCCCC(=O)N(Cc1ccccc1)C(C)C1CC1. The molecule has 30 heavy (non-hydrogen) atoms. The first kappa shape index (κ1) is 21.9. The monoisotopic (exact) mass is 409 g/mol. The zero-order valence-electron chi connectivity index (χ0n) is 18.1. The molecule has 1 fully saturated rings. The summed E-state index contributed by atoms with van der Waals surface area (Å²) in [7, 11) is 1.55. The van der Waals surface area contributed by atoms with Crippen molar-refractivity contribution in [3.63, 3.8) is 0 Å². The van der Waals surface area contributed by atoms with Crippen molar-refractivity contribution in [2.24, 2.45) is 5.92 Å². The molecular formula is C25H31NO4. The molecule has 1 saturated carbocycles. The van der Waals surface area contributed by atoms with Crippen molar-refractivity contribution in [2.75, 3.05) is 13.7 Å². The average molecular weight is 410 g/mol. The zero-order valence-corrected chi connectivity index (χ0v) is 18.1. The summed E-state index contributed by atoms with van der Waals surface area (Å²) in [6.45, 7) is 4.75. The van der Waals surface area contributed by atoms with Crippen LogP contribution in [0.4, 0.5) is 0 Å². The average Bonchev–Trinajstić information content (AvgIpc) is 3.60. The summed E-state index contributed by atoms with van der Waals surface area (Å²) in [5, 5.41) is 0. The van der Waals surface area contributed by atoms with E-state index in [2.05, 4.69) is 19.1 Å². The van der Waals surface area contributed by atoms with E-state index in [9.17, 15) is 9.59 Å². The highest BCUT2D eigenvalue weighted by molar-refractivity contribution is 5.94. The minimum absolute atomic E-state index is 0.0197. The third kappa shape index (κ3) is 5.85. The Balaban J connectivity index is 1.54. The van der Waals surface area contributed by atoms with Crippen LogP contribution >= 0.6 is 0 Å². The molecule has 0 N–H and O–H groups in total. The summed E-state index contributed by atoms with van der Waals surface area (Å²) < 4.78 is 11.2. The Morgan fingerprint density at radius 3 is 2.47 bits per heavy atom. The van der Waals surface area contributed by atoms with Crippen LogP contribution in [-0.2, 0) is 11.3 Å². The Morgan fingerprint density at radius 2 is 1.83 bits per heavy atom. The van der Waals surface area contributed by atoms with Gasteiger partial charge in [-0.25, -0.2) is 0 Å². The number of carbonyl (C=O) groups excluding carboxylic acids is 2. The topological polar surface area (TPSA) is 55.8 Å². The van der Waals surface area contributed by atoms with Gasteiger partial charge < -0.3 is 14.4 Å². The minimum Gasteiger partial charge on any atom is -0.493 e. The predicted octanol–water partition coefficient (Wildman–Crippen LogP) is 4.88. The van der Waals surface area contributed by atoms with Crippen LogP contribution in [-0.4, -0.2) is 36.3 Å². The highest BCUT2D eigenvalue weighted by Gasteiger charge is 2.34. The molecule has 160 valence electrons. The summed E-state index contributed by atoms with van der Waals surface area (Å²) in [6, 6.07) is 15.6. The van der Waals surface area contributed by atoms with E-state index in [1.54, 1.807) is 25.3 Å². The van der Waals surface area contributed by atoms with E-state index in [-0.39, 0.29) is 17.7 Å². The van der Waals surface area contributed by atoms with Crippen LogP contribution in [0.2, 0.25) is 0 Å². The van der Waals surface area contributed by atoms with Gasteiger partial charge in [-0.3, -0.25) is 9.59 Å². The van der Waals surface area contributed by atoms with E-state index in [1.165, 1.54) is 19.8 Å². The summed E-state index contributed by atoms with van der Waals surface area (Å²) >= 11 is 0. The molecule has 0 saturated heterocycles. The van der Waals surface area contributed by atoms with Crippen molar-refractivity contribution in [1.82, 2.24) is 4.90 Å². The minimum atomic E-state index is -0.0197. The van der Waals surface area contributed by atoms with Gasteiger partial charge in [-0.05, 0) is 62.8 Å². The number of nitrogens with zero attached hydrogens (tertiary/aromatic N) is 1. The molecule has 1 aliphatic rings. The maximum absolute atomic E-state index is 13.0. The first-order valence-electron chi connectivity index (χ1n) is 10.6. The van der Waals surface area contributed by atoms with Crippen molar-refractivity contribution in [1.29, 1.82) is 0 Å². The van der Waals surface area contributed by atoms with Gasteiger partial charge in [0.15, 0.2) is 17.3 Å². The van der Waals surface area contributed by atoms with Gasteiger partial charge in [-0.1, -0.05) is 30.3 Å². The molecular weight excluding hydrogens is 378 g/mol. The Bertz CT molecular complexity index is 861. The van der Waals surface area contributed by atoms with Crippen molar-refractivity contribution in [3.8, 4) is 11.5 Å². The van der Waals surface area contributed by atoms with E-state index >= 15 is 0 Å². The zero-order chi connectivity index (χ0) is 21.5. The molecule has 1 unspecified atom stereocenters. The largest absolute Gasteiger partial charge is 0.493 e. The van der Waals surface area contributed by atoms with Gasteiger partial charge in [0.25, 0.3) is 0 Å². The Labute approximate surface area is 179 Å². The fourth-order valence-corrected chi connectivity index (χ4v) is 3.63. The molecule has 0 aliphatic heterocycles. The third-order valence-corrected chi connectivity index (χ3v) is 5.67. The number of benzene rings is 2. The van der Waals surface area contributed by atoms with E-state index in [1.807, 2.05) is 23.1 Å². The van der Waals surface area contributed by atoms with Gasteiger partial charge >= 0.3 is 0 Å². The lowest BCUT2D eigenvalue weighted by atomic mass is 10.1. The second-order valence-corrected chi connectivity index (χ2v) is 7.96. The van der Waals surface area contributed by atoms with Gasteiger partial charge in [-0.2, -0.15) is 0 Å². The molecule has 3 rings (SSSR count). The van der Waals surface area contributed by atoms with Gasteiger partial charge in [0.1, 0.15) is 0 Å². The van der Waals surface area contributed by atoms with Crippen LogP contribution in [0.1, 0.15) is 55.5 Å². The van der Waals surface area contributed by atoms with E-state index in [4.69, 9.17) is 9.47 Å². The van der Waals surface area contributed by atoms with Crippen LogP contribution in [0, 0.1) is 5.92 Å². The second kappa shape index (κ2) is 10.3. The van der Waals surface area contributed by atoms with Crippen molar-refractivity contribution < 1.29 is 19.1 Å². The first-order valence-corrected chi connectivity index (χ1v) is 10.6. The molecule has 1 aliphatic carbocycles. The van der Waals surface area contributed by atoms with Gasteiger partial charge in [-0.15, -0.1) is 0 Å². The molecule has 0 heterocycles. The lowest BCUT2D eigenvalue weighted by molar-refractivity contribution is -0.134. The fraction of sp³-hybridized carbons (Fsp3) is 0.440. The van der Waals surface area contributed by atoms with E-state index in [0.29, 0.717) is 49.0 Å². The maximum atomic E-state index is 13.0. The van der Waals surface area contributed by atoms with Crippen LogP contribution in [0.3, 0.4) is 0 Å². The maximum Gasteiger partial charge on any atom is 0.223 e. The van der Waals surface area contributed by atoms with Crippen molar-refractivity contribution >= 4 is 11.7 Å². The second-order valence-electron chi connectivity index (χ2n) is 7.96. The number of methoxy groups -OCH3 is 1. The first-order chi connectivity index (χ1) is 14.5. The number of amides is 1. The van der Waals surface area contributed by atoms with Crippen molar-refractivity contribution in [3.05, 3.63) is 59.7 Å². The molecule has 0 bridgehead atoms. The Morgan fingerprint density at radius 1 is 1.10 bits per heavy atom. The van der Waals surface area contributed by atoms with Gasteiger partial charge in [0, 0.05) is 24.6 Å². The highest BCUT2D eigenvalue weighted by atomic mass is 16.5. The number of hydrogen-bond acceptors (Lipinski definition) is 4. The van der Waals surface area contributed by atoms with Crippen LogP contribution in [0.5, 0.6) is 11.5 Å². The van der Waals surface area contributed by atoms with Crippen molar-refractivity contribution in [2.45, 2.75) is 52.1 Å². The Kier molecular flexibility index (Phi) is 7.50. The van der Waals surface area contributed by atoms with Gasteiger partial charge in [0.2, 0.25) is 5.91 Å². The lowest BCUT2D eigenvalue weighted by Crippen LogP contribution is -2.39. The molecule has 2 aromatic carbocycles. The number of ketones is 1.